The minimum absolute atomic E-state index is 0.164. The van der Waals surface area contributed by atoms with Gasteiger partial charge in [-0.1, -0.05) is 30.3 Å². The molecule has 1 atom stereocenters. The fourth-order valence-electron chi connectivity index (χ4n) is 4.77. The van der Waals surface area contributed by atoms with E-state index in [9.17, 15) is 22.8 Å². The fourth-order valence-corrected chi connectivity index (χ4v) is 4.77. The van der Waals surface area contributed by atoms with Crippen LogP contribution in [0.2, 0.25) is 0 Å². The summed E-state index contributed by atoms with van der Waals surface area (Å²) in [6.45, 7) is 1.83. The fraction of sp³-hybridized carbons (Fsp3) is 0.308. The number of furan rings is 1. The smallest absolute Gasteiger partial charge is 0.416 e. The van der Waals surface area contributed by atoms with Crippen molar-refractivity contribution in [2.75, 3.05) is 31.1 Å². The average molecular weight is 483 g/mol. The molecule has 0 aliphatic carbocycles. The van der Waals surface area contributed by atoms with Gasteiger partial charge in [0.05, 0.1) is 11.8 Å². The maximum atomic E-state index is 13.6. The van der Waals surface area contributed by atoms with Crippen LogP contribution < -0.4 is 4.90 Å². The molecule has 2 aliphatic rings. The predicted molar refractivity (Wildman–Crippen MR) is 123 cm³/mol. The highest BCUT2D eigenvalue weighted by Gasteiger charge is 2.39. The maximum Gasteiger partial charge on any atom is 0.416 e. The summed E-state index contributed by atoms with van der Waals surface area (Å²) in [6.07, 6.45) is -2.58. The molecule has 1 fully saturated rings. The van der Waals surface area contributed by atoms with E-state index in [1.165, 1.54) is 12.3 Å². The van der Waals surface area contributed by atoms with E-state index in [0.29, 0.717) is 44.8 Å². The summed E-state index contributed by atoms with van der Waals surface area (Å²) in [5, 5.41) is 0. The summed E-state index contributed by atoms with van der Waals surface area (Å²) in [6, 6.07) is 15.5. The number of nitrogens with zero attached hydrogens (tertiary/aromatic N) is 3. The second-order valence-corrected chi connectivity index (χ2v) is 8.76. The van der Waals surface area contributed by atoms with E-state index < -0.39 is 17.8 Å². The lowest BCUT2D eigenvalue weighted by Crippen LogP contribution is -2.57. The van der Waals surface area contributed by atoms with Crippen molar-refractivity contribution in [1.82, 2.24) is 9.80 Å². The van der Waals surface area contributed by atoms with Gasteiger partial charge < -0.3 is 19.1 Å². The van der Waals surface area contributed by atoms with Gasteiger partial charge in [-0.2, -0.15) is 13.2 Å². The third-order valence-electron chi connectivity index (χ3n) is 6.66. The van der Waals surface area contributed by atoms with Crippen LogP contribution in [0, 0.1) is 0 Å². The molecule has 0 bridgehead atoms. The van der Waals surface area contributed by atoms with E-state index >= 15 is 0 Å². The third kappa shape index (κ3) is 4.62. The summed E-state index contributed by atoms with van der Waals surface area (Å²) in [7, 11) is 0. The molecule has 5 rings (SSSR count). The molecular formula is C26H24F3N3O3. The standard InChI is InChI=1S/C26H24F3N3O3/c27-26(28,29)20-7-3-8-21(16-20)30-10-12-31(13-11-30)24(33)22-15-18-5-1-2-6-19(18)17-32(22)25(34)23-9-4-14-35-23/h1-9,14,16,22H,10-13,15,17H2. The first-order valence-electron chi connectivity index (χ1n) is 11.4. The van der Waals surface area contributed by atoms with E-state index in [1.807, 2.05) is 29.2 Å². The van der Waals surface area contributed by atoms with Crippen LogP contribution in [-0.2, 0) is 23.9 Å². The molecule has 0 spiro atoms. The van der Waals surface area contributed by atoms with Gasteiger partial charge >= 0.3 is 6.18 Å². The Kier molecular flexibility index (Phi) is 6.00. The van der Waals surface area contributed by atoms with E-state index in [4.69, 9.17) is 4.42 Å². The zero-order valence-corrected chi connectivity index (χ0v) is 18.9. The van der Waals surface area contributed by atoms with Gasteiger partial charge in [0, 0.05) is 44.8 Å². The second kappa shape index (κ2) is 9.13. The Balaban J connectivity index is 1.32. The zero-order valence-electron chi connectivity index (χ0n) is 18.9. The van der Waals surface area contributed by atoms with Crippen LogP contribution in [-0.4, -0.2) is 53.8 Å². The Hall–Kier alpha value is -3.75. The highest BCUT2D eigenvalue weighted by atomic mass is 19.4. The molecule has 1 unspecified atom stereocenters. The van der Waals surface area contributed by atoms with Gasteiger partial charge in [0.15, 0.2) is 5.76 Å². The normalized spacial score (nSPS) is 18.4. The summed E-state index contributed by atoms with van der Waals surface area (Å²) in [5.74, 6) is -0.329. The largest absolute Gasteiger partial charge is 0.459 e. The number of halogens is 3. The van der Waals surface area contributed by atoms with Crippen LogP contribution in [0.25, 0.3) is 0 Å². The number of benzene rings is 2. The molecular weight excluding hydrogens is 459 g/mol. The number of carbonyl (C=O) groups is 2. The first-order chi connectivity index (χ1) is 16.8. The van der Waals surface area contributed by atoms with Gasteiger partial charge in [0.1, 0.15) is 6.04 Å². The van der Waals surface area contributed by atoms with Gasteiger partial charge in [-0.05, 0) is 41.5 Å². The number of anilines is 1. The van der Waals surface area contributed by atoms with Crippen molar-refractivity contribution < 1.29 is 27.2 Å². The minimum Gasteiger partial charge on any atom is -0.459 e. The highest BCUT2D eigenvalue weighted by molar-refractivity contribution is 5.96. The van der Waals surface area contributed by atoms with Crippen LogP contribution >= 0.6 is 0 Å². The molecule has 3 aromatic rings. The molecule has 0 saturated carbocycles. The lowest BCUT2D eigenvalue weighted by atomic mass is 9.92. The molecule has 1 aromatic heterocycles. The van der Waals surface area contributed by atoms with Crippen molar-refractivity contribution in [3.8, 4) is 0 Å². The number of piperazine rings is 1. The monoisotopic (exact) mass is 483 g/mol. The number of carbonyl (C=O) groups excluding carboxylic acids is 2. The summed E-state index contributed by atoms with van der Waals surface area (Å²) >= 11 is 0. The molecule has 182 valence electrons. The van der Waals surface area contributed by atoms with Crippen LogP contribution in [0.1, 0.15) is 27.2 Å². The number of fused-ring (bicyclic) bond motifs is 1. The van der Waals surface area contributed by atoms with Crippen LogP contribution in [0.3, 0.4) is 0 Å². The first kappa shape index (κ1) is 23.0. The maximum absolute atomic E-state index is 13.6. The van der Waals surface area contributed by atoms with Gasteiger partial charge in [0.2, 0.25) is 5.91 Å². The van der Waals surface area contributed by atoms with E-state index in [2.05, 4.69) is 0 Å². The Morgan fingerprint density at radius 1 is 0.886 bits per heavy atom. The van der Waals surface area contributed by atoms with Gasteiger partial charge in [-0.25, -0.2) is 0 Å². The first-order valence-corrected chi connectivity index (χ1v) is 11.4. The molecule has 0 radical (unpaired) electrons. The van der Waals surface area contributed by atoms with Crippen LogP contribution in [0.5, 0.6) is 0 Å². The lowest BCUT2D eigenvalue weighted by molar-refractivity contribution is -0.137. The molecule has 1 saturated heterocycles. The Morgan fingerprint density at radius 3 is 2.31 bits per heavy atom. The zero-order chi connectivity index (χ0) is 24.6. The van der Waals surface area contributed by atoms with Crippen molar-refractivity contribution in [1.29, 1.82) is 0 Å². The Labute approximate surface area is 200 Å². The van der Waals surface area contributed by atoms with Crippen molar-refractivity contribution in [3.63, 3.8) is 0 Å². The van der Waals surface area contributed by atoms with E-state index in [0.717, 1.165) is 23.3 Å². The topological polar surface area (TPSA) is 57.0 Å². The summed E-state index contributed by atoms with van der Waals surface area (Å²) in [5.41, 5.74) is 1.80. The summed E-state index contributed by atoms with van der Waals surface area (Å²) in [4.78, 5) is 31.9. The Morgan fingerprint density at radius 2 is 1.63 bits per heavy atom. The van der Waals surface area contributed by atoms with E-state index in [-0.39, 0.29) is 17.6 Å². The van der Waals surface area contributed by atoms with Gasteiger partial charge in [-0.15, -0.1) is 0 Å². The van der Waals surface area contributed by atoms with Crippen molar-refractivity contribution in [2.24, 2.45) is 0 Å². The van der Waals surface area contributed by atoms with Crippen molar-refractivity contribution in [3.05, 3.63) is 89.4 Å². The lowest BCUT2D eigenvalue weighted by Gasteiger charge is -2.41. The number of rotatable bonds is 3. The molecule has 35 heavy (non-hydrogen) atoms. The molecule has 0 N–H and O–H groups in total. The SMILES string of the molecule is O=C(C1Cc2ccccc2CN1C(=O)c1ccco1)N1CCN(c2cccc(C(F)(F)F)c2)CC1. The molecule has 9 heteroatoms. The average Bonchev–Trinajstić information content (AvgIpc) is 3.42. The number of hydrogen-bond acceptors (Lipinski definition) is 4. The van der Waals surface area contributed by atoms with Crippen LogP contribution in [0.15, 0.2) is 71.3 Å². The molecule has 2 amide bonds. The quantitative estimate of drug-likeness (QED) is 0.560. The highest BCUT2D eigenvalue weighted by Crippen LogP contribution is 2.32. The second-order valence-electron chi connectivity index (χ2n) is 8.76. The van der Waals surface area contributed by atoms with Crippen LogP contribution in [0.4, 0.5) is 18.9 Å². The summed E-state index contributed by atoms with van der Waals surface area (Å²) < 4.78 is 44.6. The molecule has 2 aromatic carbocycles. The number of alkyl halides is 3. The van der Waals surface area contributed by atoms with E-state index in [1.54, 1.807) is 28.0 Å². The minimum atomic E-state index is -4.41. The van der Waals surface area contributed by atoms with Gasteiger partial charge in [-0.3, -0.25) is 9.59 Å². The Bertz CT molecular complexity index is 1220. The predicted octanol–water partition coefficient (Wildman–Crippen LogP) is 4.21. The molecule has 3 heterocycles. The third-order valence-corrected chi connectivity index (χ3v) is 6.66. The molecule has 2 aliphatic heterocycles. The van der Waals surface area contributed by atoms with Crippen molar-refractivity contribution in [2.45, 2.75) is 25.2 Å². The van der Waals surface area contributed by atoms with Crippen molar-refractivity contribution >= 4 is 17.5 Å². The number of amides is 2. The number of hydrogen-bond donors (Lipinski definition) is 0. The molecule has 6 nitrogen and oxygen atoms in total. The van der Waals surface area contributed by atoms with Gasteiger partial charge in [0.25, 0.3) is 5.91 Å².